The van der Waals surface area contributed by atoms with Crippen molar-refractivity contribution in [2.24, 2.45) is 0 Å². The van der Waals surface area contributed by atoms with E-state index >= 15 is 0 Å². The predicted octanol–water partition coefficient (Wildman–Crippen LogP) is 4.37. The van der Waals surface area contributed by atoms with E-state index in [-0.39, 0.29) is 25.1 Å². The first kappa shape index (κ1) is 20.6. The highest BCUT2D eigenvalue weighted by Gasteiger charge is 2.25. The molecule has 1 aromatic heterocycles. The average Bonchev–Trinajstić information content (AvgIpc) is 3.31. The lowest BCUT2D eigenvalue weighted by atomic mass is 10.1. The molecule has 0 radical (unpaired) electrons. The molecule has 150 valence electrons. The Bertz CT molecular complexity index is 935. The van der Waals surface area contributed by atoms with Crippen LogP contribution >= 0.6 is 12.4 Å². The van der Waals surface area contributed by atoms with Gasteiger partial charge in [0.05, 0.1) is 17.6 Å². The van der Waals surface area contributed by atoms with Crippen molar-refractivity contribution >= 4 is 23.4 Å². The molecule has 1 aliphatic heterocycles. The fourth-order valence-electron chi connectivity index (χ4n) is 3.63. The van der Waals surface area contributed by atoms with E-state index in [4.69, 9.17) is 14.5 Å². The normalized spacial score (nSPS) is 17.5. The van der Waals surface area contributed by atoms with Crippen molar-refractivity contribution in [3.8, 4) is 5.75 Å². The Morgan fingerprint density at radius 3 is 2.86 bits per heavy atom. The third-order valence-corrected chi connectivity index (χ3v) is 5.07. The van der Waals surface area contributed by atoms with Crippen molar-refractivity contribution in [1.29, 1.82) is 0 Å². The number of aliphatic hydroxyl groups is 1. The van der Waals surface area contributed by atoms with E-state index in [0.29, 0.717) is 6.54 Å². The van der Waals surface area contributed by atoms with Crippen LogP contribution in [0.15, 0.2) is 42.5 Å². The monoisotopic (exact) mass is 402 g/mol. The maximum absolute atomic E-state index is 10.7. The first-order valence-electron chi connectivity index (χ1n) is 9.56. The number of aryl methyl sites for hydroxylation is 2. The number of hydrogen-bond acceptors (Lipinski definition) is 4. The van der Waals surface area contributed by atoms with E-state index in [2.05, 4.69) is 10.6 Å². The van der Waals surface area contributed by atoms with Crippen LogP contribution in [-0.4, -0.2) is 34.0 Å². The van der Waals surface area contributed by atoms with Gasteiger partial charge in [0.2, 0.25) is 0 Å². The molecule has 0 spiro atoms. The fourth-order valence-corrected chi connectivity index (χ4v) is 3.63. The van der Waals surface area contributed by atoms with Crippen molar-refractivity contribution in [3.05, 3.63) is 59.4 Å². The Morgan fingerprint density at radius 1 is 1.25 bits per heavy atom. The smallest absolute Gasteiger partial charge is 0.139 e. The van der Waals surface area contributed by atoms with Gasteiger partial charge in [-0.1, -0.05) is 24.3 Å². The zero-order valence-electron chi connectivity index (χ0n) is 16.3. The third kappa shape index (κ3) is 4.32. The molecule has 1 fully saturated rings. The van der Waals surface area contributed by atoms with Crippen LogP contribution in [0.3, 0.4) is 0 Å². The standard InChI is InChI=1S/C22H26N2O3.ClH/c1-15-9-10-16(2)21(12-15)27-14-17(25)13-24-19-7-4-3-6-18(19)23-22(24)20-8-5-11-26-20;/h3-4,6-7,9-10,12,17,20,25H,5,8,11,13-14H2,1-2H3;1H. The van der Waals surface area contributed by atoms with Crippen LogP contribution < -0.4 is 4.74 Å². The molecule has 2 atom stereocenters. The second-order valence-electron chi connectivity index (χ2n) is 7.30. The maximum Gasteiger partial charge on any atom is 0.139 e. The second-order valence-corrected chi connectivity index (χ2v) is 7.30. The second kappa shape index (κ2) is 8.95. The number of halogens is 1. The number of benzene rings is 2. The van der Waals surface area contributed by atoms with Crippen LogP contribution in [0.4, 0.5) is 0 Å². The van der Waals surface area contributed by atoms with Crippen LogP contribution in [-0.2, 0) is 11.3 Å². The molecule has 1 saturated heterocycles. The summed E-state index contributed by atoms with van der Waals surface area (Å²) in [5, 5.41) is 10.7. The Labute approximate surface area is 171 Å². The van der Waals surface area contributed by atoms with Gasteiger partial charge in [0.15, 0.2) is 0 Å². The summed E-state index contributed by atoms with van der Waals surface area (Å²) < 4.78 is 13.8. The van der Waals surface area contributed by atoms with E-state index in [1.165, 1.54) is 0 Å². The summed E-state index contributed by atoms with van der Waals surface area (Å²) in [6, 6.07) is 14.1. The van der Waals surface area contributed by atoms with Gasteiger partial charge in [0.1, 0.15) is 30.4 Å². The van der Waals surface area contributed by atoms with E-state index in [9.17, 15) is 5.11 Å². The van der Waals surface area contributed by atoms with Crippen molar-refractivity contribution < 1.29 is 14.6 Å². The largest absolute Gasteiger partial charge is 0.491 e. The van der Waals surface area contributed by atoms with Gasteiger partial charge in [0, 0.05) is 6.61 Å². The number of hydrogen-bond donors (Lipinski definition) is 1. The van der Waals surface area contributed by atoms with Crippen LogP contribution in [0.5, 0.6) is 5.75 Å². The number of imidazole rings is 1. The molecule has 0 saturated carbocycles. The van der Waals surface area contributed by atoms with Crippen molar-refractivity contribution in [3.63, 3.8) is 0 Å². The number of rotatable bonds is 6. The lowest BCUT2D eigenvalue weighted by molar-refractivity contribution is 0.0804. The van der Waals surface area contributed by atoms with Crippen LogP contribution in [0.2, 0.25) is 0 Å². The number of aromatic nitrogens is 2. The number of para-hydroxylation sites is 2. The molecule has 0 bridgehead atoms. The molecule has 28 heavy (non-hydrogen) atoms. The Balaban J connectivity index is 0.00000225. The fraction of sp³-hybridized carbons (Fsp3) is 0.409. The van der Waals surface area contributed by atoms with E-state index in [1.807, 2.05) is 50.2 Å². The van der Waals surface area contributed by atoms with Gasteiger partial charge in [-0.25, -0.2) is 4.98 Å². The maximum atomic E-state index is 10.7. The Hall–Kier alpha value is -2.08. The molecule has 5 nitrogen and oxygen atoms in total. The minimum absolute atomic E-state index is 0. The number of fused-ring (bicyclic) bond motifs is 1. The zero-order chi connectivity index (χ0) is 18.8. The summed E-state index contributed by atoms with van der Waals surface area (Å²) in [5.41, 5.74) is 4.17. The summed E-state index contributed by atoms with van der Waals surface area (Å²) in [7, 11) is 0. The molecule has 2 aromatic carbocycles. The van der Waals surface area contributed by atoms with E-state index < -0.39 is 6.10 Å². The van der Waals surface area contributed by atoms with Crippen molar-refractivity contribution in [2.75, 3.05) is 13.2 Å². The van der Waals surface area contributed by atoms with Gasteiger partial charge in [-0.15, -0.1) is 12.4 Å². The summed E-state index contributed by atoms with van der Waals surface area (Å²) >= 11 is 0. The molecule has 1 aliphatic rings. The van der Waals surface area contributed by atoms with Gasteiger partial charge in [-0.2, -0.15) is 0 Å². The topological polar surface area (TPSA) is 56.5 Å². The highest BCUT2D eigenvalue weighted by molar-refractivity contribution is 5.85. The lowest BCUT2D eigenvalue weighted by Crippen LogP contribution is -2.25. The molecular weight excluding hydrogens is 376 g/mol. The van der Waals surface area contributed by atoms with Gasteiger partial charge in [-0.3, -0.25) is 0 Å². The molecule has 2 heterocycles. The predicted molar refractivity (Wildman–Crippen MR) is 112 cm³/mol. The molecule has 3 aromatic rings. The molecule has 6 heteroatoms. The molecule has 0 amide bonds. The van der Waals surface area contributed by atoms with Gasteiger partial charge in [0.25, 0.3) is 0 Å². The van der Waals surface area contributed by atoms with Gasteiger partial charge >= 0.3 is 0 Å². The van der Waals surface area contributed by atoms with Gasteiger partial charge in [-0.05, 0) is 56.0 Å². The SMILES string of the molecule is Cc1ccc(C)c(OCC(O)Cn2c(C3CCCO3)nc3ccccc32)c1.Cl. The lowest BCUT2D eigenvalue weighted by Gasteiger charge is -2.18. The molecular formula is C22H27ClN2O3. The summed E-state index contributed by atoms with van der Waals surface area (Å²) in [6.45, 7) is 5.49. The molecule has 1 N–H and O–H groups in total. The first-order chi connectivity index (χ1) is 13.1. The minimum Gasteiger partial charge on any atom is -0.491 e. The van der Waals surface area contributed by atoms with Crippen molar-refractivity contribution in [1.82, 2.24) is 9.55 Å². The highest BCUT2D eigenvalue weighted by Crippen LogP contribution is 2.30. The molecule has 4 rings (SSSR count). The summed E-state index contributed by atoms with van der Waals surface area (Å²) in [4.78, 5) is 4.78. The quantitative estimate of drug-likeness (QED) is 0.665. The van der Waals surface area contributed by atoms with Gasteiger partial charge < -0.3 is 19.1 Å². The average molecular weight is 403 g/mol. The van der Waals surface area contributed by atoms with Crippen LogP contribution in [0.25, 0.3) is 11.0 Å². The molecule has 0 aliphatic carbocycles. The summed E-state index contributed by atoms with van der Waals surface area (Å²) in [6.07, 6.45) is 1.39. The van der Waals surface area contributed by atoms with E-state index in [0.717, 1.165) is 53.2 Å². The zero-order valence-corrected chi connectivity index (χ0v) is 17.1. The summed E-state index contributed by atoms with van der Waals surface area (Å²) in [5.74, 6) is 1.73. The Morgan fingerprint density at radius 2 is 2.07 bits per heavy atom. The highest BCUT2D eigenvalue weighted by atomic mass is 35.5. The third-order valence-electron chi connectivity index (χ3n) is 5.07. The van der Waals surface area contributed by atoms with Crippen LogP contribution in [0, 0.1) is 13.8 Å². The number of aliphatic hydroxyl groups excluding tert-OH is 1. The van der Waals surface area contributed by atoms with Crippen LogP contribution in [0.1, 0.15) is 35.9 Å². The van der Waals surface area contributed by atoms with Crippen molar-refractivity contribution in [2.45, 2.75) is 45.4 Å². The minimum atomic E-state index is -0.636. The number of nitrogens with zero attached hydrogens (tertiary/aromatic N) is 2. The van der Waals surface area contributed by atoms with E-state index in [1.54, 1.807) is 0 Å². The number of ether oxygens (including phenoxy) is 2. The molecule has 2 unspecified atom stereocenters. The first-order valence-corrected chi connectivity index (χ1v) is 9.56. The Kier molecular flexibility index (Phi) is 6.60.